The van der Waals surface area contributed by atoms with Gasteiger partial charge in [0.25, 0.3) is 0 Å². The van der Waals surface area contributed by atoms with E-state index in [1.54, 1.807) is 11.1 Å². The number of carbonyl (C=O) groups excluding carboxylic acids is 2. The number of aliphatic imine (C=N–C) groups is 1. The summed E-state index contributed by atoms with van der Waals surface area (Å²) < 4.78 is 5.32. The van der Waals surface area contributed by atoms with Crippen LogP contribution in [0.3, 0.4) is 0 Å². The lowest BCUT2D eigenvalue weighted by atomic mass is 10.1. The summed E-state index contributed by atoms with van der Waals surface area (Å²) in [6, 6.07) is 16.9. The van der Waals surface area contributed by atoms with Crippen molar-refractivity contribution in [1.82, 2.24) is 9.80 Å². The van der Waals surface area contributed by atoms with Crippen LogP contribution < -0.4 is 5.32 Å². The molecule has 0 radical (unpaired) electrons. The first kappa shape index (κ1) is 18.7. The van der Waals surface area contributed by atoms with Gasteiger partial charge in [-0.1, -0.05) is 35.9 Å². The molecule has 7 heteroatoms. The molecule has 0 aliphatic carbocycles. The number of benzene rings is 2. The highest BCUT2D eigenvalue weighted by molar-refractivity contribution is 6.11. The maximum Gasteiger partial charge on any atom is 0.365 e. The van der Waals surface area contributed by atoms with Crippen molar-refractivity contribution in [3.05, 3.63) is 77.6 Å². The van der Waals surface area contributed by atoms with Crippen LogP contribution in [0.2, 0.25) is 0 Å². The van der Waals surface area contributed by atoms with Gasteiger partial charge in [0.05, 0.1) is 0 Å². The van der Waals surface area contributed by atoms with Gasteiger partial charge in [-0.2, -0.15) is 0 Å². The number of nitrogens with one attached hydrogen (secondary N) is 1. The number of rotatable bonds is 3. The average molecular weight is 390 g/mol. The molecule has 0 atom stereocenters. The third kappa shape index (κ3) is 4.45. The Labute approximate surface area is 169 Å². The normalized spacial score (nSPS) is 17.9. The number of para-hydroxylation sites is 1. The number of esters is 1. The van der Waals surface area contributed by atoms with Crippen LogP contribution in [0, 0.1) is 6.92 Å². The van der Waals surface area contributed by atoms with E-state index in [4.69, 9.17) is 4.74 Å². The van der Waals surface area contributed by atoms with Crippen LogP contribution in [0.15, 0.2) is 71.5 Å². The molecule has 2 aliphatic rings. The zero-order valence-corrected chi connectivity index (χ0v) is 16.2. The molecule has 7 nitrogen and oxygen atoms in total. The summed E-state index contributed by atoms with van der Waals surface area (Å²) >= 11 is 0. The standard InChI is InChI=1S/C22H22N4O3/c1-16-6-5-7-17(14-16)20-24-19(21(27)29-20)15-25-10-12-26(13-11-25)22(28)23-18-8-3-2-4-9-18/h2-9,14-15H,10-13H2,1H3,(H,23,28)/b19-15+. The molecule has 2 heterocycles. The molecule has 29 heavy (non-hydrogen) atoms. The zero-order valence-electron chi connectivity index (χ0n) is 16.2. The Morgan fingerprint density at radius 2 is 1.83 bits per heavy atom. The predicted octanol–water partition coefficient (Wildman–Crippen LogP) is 2.99. The smallest absolute Gasteiger partial charge is 0.365 e. The van der Waals surface area contributed by atoms with E-state index >= 15 is 0 Å². The Morgan fingerprint density at radius 1 is 1.07 bits per heavy atom. The highest BCUT2D eigenvalue weighted by Gasteiger charge is 2.26. The molecule has 2 amide bonds. The maximum absolute atomic E-state index is 12.4. The van der Waals surface area contributed by atoms with Gasteiger partial charge in [-0.3, -0.25) is 0 Å². The average Bonchev–Trinajstić information content (AvgIpc) is 3.10. The van der Waals surface area contributed by atoms with Crippen molar-refractivity contribution < 1.29 is 14.3 Å². The number of nitrogens with zero attached hydrogens (tertiary/aromatic N) is 3. The SMILES string of the molecule is Cc1cccc(C2=N/C(=C/N3CCN(C(=O)Nc4ccccc4)CC3)C(=O)O2)c1. The fourth-order valence-corrected chi connectivity index (χ4v) is 3.25. The van der Waals surface area contributed by atoms with Crippen molar-refractivity contribution in [1.29, 1.82) is 0 Å². The van der Waals surface area contributed by atoms with Crippen molar-refractivity contribution in [3.8, 4) is 0 Å². The first-order valence-corrected chi connectivity index (χ1v) is 9.53. The molecular formula is C22H22N4O3. The number of hydrogen-bond donors (Lipinski definition) is 1. The van der Waals surface area contributed by atoms with Crippen LogP contribution in [0.1, 0.15) is 11.1 Å². The van der Waals surface area contributed by atoms with E-state index in [1.165, 1.54) is 0 Å². The van der Waals surface area contributed by atoms with Crippen molar-refractivity contribution in [2.45, 2.75) is 6.92 Å². The lowest BCUT2D eigenvalue weighted by molar-refractivity contribution is -0.130. The molecule has 0 aromatic heterocycles. The number of piperazine rings is 1. The third-order valence-electron chi connectivity index (χ3n) is 4.82. The van der Waals surface area contributed by atoms with E-state index in [9.17, 15) is 9.59 Å². The first-order valence-electron chi connectivity index (χ1n) is 9.53. The van der Waals surface area contributed by atoms with E-state index in [1.807, 2.05) is 66.4 Å². The van der Waals surface area contributed by atoms with Gasteiger partial charge in [-0.05, 0) is 31.2 Å². The molecule has 2 aliphatic heterocycles. The Morgan fingerprint density at radius 3 is 2.55 bits per heavy atom. The first-order chi connectivity index (χ1) is 14.1. The summed E-state index contributed by atoms with van der Waals surface area (Å²) in [5.74, 6) is -0.128. The molecule has 2 aromatic carbocycles. The number of hydrogen-bond acceptors (Lipinski definition) is 5. The second-order valence-electron chi connectivity index (χ2n) is 7.01. The van der Waals surface area contributed by atoms with Gasteiger partial charge in [0.1, 0.15) is 0 Å². The number of amides is 2. The molecule has 0 saturated carbocycles. The minimum atomic E-state index is -0.453. The van der Waals surface area contributed by atoms with Crippen LogP contribution in [0.25, 0.3) is 0 Å². The lowest BCUT2D eigenvalue weighted by Crippen LogP contribution is -2.48. The molecule has 0 spiro atoms. The molecule has 148 valence electrons. The van der Waals surface area contributed by atoms with E-state index in [0.29, 0.717) is 32.1 Å². The zero-order chi connectivity index (χ0) is 20.2. The molecule has 1 saturated heterocycles. The number of urea groups is 1. The van der Waals surface area contributed by atoms with E-state index in [-0.39, 0.29) is 11.7 Å². The van der Waals surface area contributed by atoms with Gasteiger partial charge in [0, 0.05) is 43.6 Å². The van der Waals surface area contributed by atoms with Gasteiger partial charge >= 0.3 is 12.0 Å². The van der Waals surface area contributed by atoms with Crippen molar-refractivity contribution in [2.75, 3.05) is 31.5 Å². The summed E-state index contributed by atoms with van der Waals surface area (Å²) in [5.41, 5.74) is 2.91. The summed E-state index contributed by atoms with van der Waals surface area (Å²) in [7, 11) is 0. The molecule has 1 fully saturated rings. The molecule has 0 bridgehead atoms. The topological polar surface area (TPSA) is 74.2 Å². The molecule has 1 N–H and O–H groups in total. The Bertz CT molecular complexity index is 977. The lowest BCUT2D eigenvalue weighted by Gasteiger charge is -2.34. The third-order valence-corrected chi connectivity index (χ3v) is 4.82. The van der Waals surface area contributed by atoms with Gasteiger partial charge in [0.2, 0.25) is 5.90 Å². The van der Waals surface area contributed by atoms with Crippen LogP contribution >= 0.6 is 0 Å². The number of anilines is 1. The molecular weight excluding hydrogens is 368 g/mol. The maximum atomic E-state index is 12.4. The number of ether oxygens (including phenoxy) is 1. The van der Waals surface area contributed by atoms with Crippen LogP contribution in [0.5, 0.6) is 0 Å². The van der Waals surface area contributed by atoms with Crippen molar-refractivity contribution >= 4 is 23.6 Å². The van der Waals surface area contributed by atoms with Crippen LogP contribution in [-0.4, -0.2) is 53.9 Å². The Hall–Kier alpha value is -3.61. The molecule has 0 unspecified atom stereocenters. The number of aryl methyl sites for hydroxylation is 1. The largest absolute Gasteiger partial charge is 0.402 e. The fourth-order valence-electron chi connectivity index (χ4n) is 3.25. The molecule has 2 aromatic rings. The van der Waals surface area contributed by atoms with Gasteiger partial charge in [-0.25, -0.2) is 14.6 Å². The quantitative estimate of drug-likeness (QED) is 0.646. The van der Waals surface area contributed by atoms with Gasteiger partial charge in [0.15, 0.2) is 5.70 Å². The monoisotopic (exact) mass is 390 g/mol. The summed E-state index contributed by atoms with van der Waals surface area (Å²) in [6.45, 7) is 4.34. The Balaban J connectivity index is 1.37. The number of cyclic esters (lactones) is 1. The second-order valence-corrected chi connectivity index (χ2v) is 7.01. The fraction of sp³-hybridized carbons (Fsp3) is 0.227. The predicted molar refractivity (Wildman–Crippen MR) is 110 cm³/mol. The van der Waals surface area contributed by atoms with Crippen molar-refractivity contribution in [3.63, 3.8) is 0 Å². The Kier molecular flexibility index (Phi) is 5.29. The highest BCUT2D eigenvalue weighted by Crippen LogP contribution is 2.18. The summed E-state index contributed by atoms with van der Waals surface area (Å²) in [5, 5.41) is 2.89. The van der Waals surface area contributed by atoms with E-state index in [2.05, 4.69) is 10.3 Å². The second kappa shape index (κ2) is 8.18. The van der Waals surface area contributed by atoms with E-state index < -0.39 is 5.97 Å². The molecule has 4 rings (SSSR count). The summed E-state index contributed by atoms with van der Waals surface area (Å²) in [6.07, 6.45) is 1.72. The minimum absolute atomic E-state index is 0.122. The highest BCUT2D eigenvalue weighted by atomic mass is 16.6. The van der Waals surface area contributed by atoms with Crippen LogP contribution in [-0.2, 0) is 9.53 Å². The summed E-state index contributed by atoms with van der Waals surface area (Å²) in [4.78, 5) is 32.7. The minimum Gasteiger partial charge on any atom is -0.402 e. The number of carbonyl (C=O) groups is 2. The van der Waals surface area contributed by atoms with Crippen LogP contribution in [0.4, 0.5) is 10.5 Å². The van der Waals surface area contributed by atoms with E-state index in [0.717, 1.165) is 16.8 Å². The van der Waals surface area contributed by atoms with Gasteiger partial charge in [-0.15, -0.1) is 0 Å². The van der Waals surface area contributed by atoms with Crippen molar-refractivity contribution in [2.24, 2.45) is 4.99 Å². The van der Waals surface area contributed by atoms with Gasteiger partial charge < -0.3 is 19.9 Å².